The summed E-state index contributed by atoms with van der Waals surface area (Å²) >= 11 is 0. The van der Waals surface area contributed by atoms with Crippen LogP contribution in [0.25, 0.3) is 0 Å². The summed E-state index contributed by atoms with van der Waals surface area (Å²) in [5, 5.41) is 0. The molecule has 5 nitrogen and oxygen atoms in total. The van der Waals surface area contributed by atoms with Gasteiger partial charge in [0.25, 0.3) is 5.56 Å². The molecule has 2 aliphatic heterocycles. The van der Waals surface area contributed by atoms with Crippen LogP contribution in [-0.2, 0) is 24.2 Å². The van der Waals surface area contributed by atoms with Crippen LogP contribution in [0.1, 0.15) is 48.3 Å². The Labute approximate surface area is 130 Å². The summed E-state index contributed by atoms with van der Waals surface area (Å²) in [5.74, 6) is -0.150. The summed E-state index contributed by atoms with van der Waals surface area (Å²) in [5.41, 5.74) is 2.38. The number of nitrogens with zero attached hydrogens (tertiary/aromatic N) is 2. The van der Waals surface area contributed by atoms with Gasteiger partial charge >= 0.3 is 0 Å². The van der Waals surface area contributed by atoms with Crippen LogP contribution in [0.5, 0.6) is 0 Å². The number of carbonyl (C=O) groups is 1. The van der Waals surface area contributed by atoms with Crippen LogP contribution in [-0.4, -0.2) is 41.1 Å². The number of ketones is 1. The Bertz CT molecular complexity index is 630. The van der Waals surface area contributed by atoms with Crippen molar-refractivity contribution in [1.29, 1.82) is 0 Å². The number of aromatic nitrogens is 1. The first kappa shape index (κ1) is 15.4. The average molecular weight is 304 g/mol. The molecule has 1 fully saturated rings. The third kappa shape index (κ3) is 2.88. The van der Waals surface area contributed by atoms with E-state index in [1.165, 1.54) is 6.92 Å². The molecule has 0 N–H and O–H groups in total. The van der Waals surface area contributed by atoms with Crippen molar-refractivity contribution in [1.82, 2.24) is 9.47 Å². The molecule has 0 radical (unpaired) electrons. The highest BCUT2D eigenvalue weighted by Crippen LogP contribution is 2.21. The second-order valence-corrected chi connectivity index (χ2v) is 6.26. The standard InChI is InChI=1S/C17H24N2O3/c1-3-18-7-6-16-13(10-18)9-15(12(2)20)17(21)19(16)11-14-5-4-8-22-14/h9,14H,3-8,10-11H2,1-2H3. The molecular weight excluding hydrogens is 280 g/mol. The van der Waals surface area contributed by atoms with Gasteiger partial charge in [0.1, 0.15) is 0 Å². The van der Waals surface area contributed by atoms with E-state index >= 15 is 0 Å². The molecule has 3 heterocycles. The van der Waals surface area contributed by atoms with Crippen molar-refractivity contribution in [3.05, 3.63) is 33.2 Å². The van der Waals surface area contributed by atoms with Crippen molar-refractivity contribution in [3.8, 4) is 0 Å². The number of pyridine rings is 1. The zero-order chi connectivity index (χ0) is 15.7. The van der Waals surface area contributed by atoms with Gasteiger partial charge in [0, 0.05) is 31.8 Å². The van der Waals surface area contributed by atoms with E-state index in [2.05, 4.69) is 11.8 Å². The molecule has 120 valence electrons. The van der Waals surface area contributed by atoms with Crippen LogP contribution in [0.15, 0.2) is 10.9 Å². The Kier molecular flexibility index (Phi) is 4.45. The van der Waals surface area contributed by atoms with Gasteiger partial charge in [0.15, 0.2) is 5.78 Å². The van der Waals surface area contributed by atoms with Crippen LogP contribution in [0, 0.1) is 0 Å². The number of likely N-dealkylation sites (N-methyl/N-ethyl adjacent to an activating group) is 1. The smallest absolute Gasteiger partial charge is 0.261 e. The lowest BCUT2D eigenvalue weighted by Crippen LogP contribution is -2.39. The molecule has 2 aliphatic rings. The second-order valence-electron chi connectivity index (χ2n) is 6.26. The zero-order valence-corrected chi connectivity index (χ0v) is 13.4. The lowest BCUT2D eigenvalue weighted by Gasteiger charge is -2.30. The fourth-order valence-corrected chi connectivity index (χ4v) is 3.48. The first-order valence-corrected chi connectivity index (χ1v) is 8.20. The number of hydrogen-bond acceptors (Lipinski definition) is 4. The lowest BCUT2D eigenvalue weighted by molar-refractivity contribution is 0.0937. The van der Waals surface area contributed by atoms with E-state index < -0.39 is 0 Å². The van der Waals surface area contributed by atoms with E-state index in [0.717, 1.165) is 56.8 Å². The first-order chi connectivity index (χ1) is 10.6. The molecule has 0 amide bonds. The minimum Gasteiger partial charge on any atom is -0.376 e. The molecule has 1 atom stereocenters. The molecule has 22 heavy (non-hydrogen) atoms. The fraction of sp³-hybridized carbons (Fsp3) is 0.647. The van der Waals surface area contributed by atoms with Crippen LogP contribution in [0.2, 0.25) is 0 Å². The van der Waals surface area contributed by atoms with E-state index in [-0.39, 0.29) is 17.4 Å². The Hall–Kier alpha value is -1.46. The second kappa shape index (κ2) is 6.34. The van der Waals surface area contributed by atoms with Crippen molar-refractivity contribution in [2.45, 2.75) is 52.3 Å². The van der Waals surface area contributed by atoms with Crippen LogP contribution < -0.4 is 5.56 Å². The molecule has 5 heteroatoms. The lowest BCUT2D eigenvalue weighted by atomic mass is 10.0. The van der Waals surface area contributed by atoms with Crippen molar-refractivity contribution in [2.24, 2.45) is 0 Å². The highest BCUT2D eigenvalue weighted by molar-refractivity contribution is 5.93. The number of hydrogen-bond donors (Lipinski definition) is 0. The van der Waals surface area contributed by atoms with Crippen molar-refractivity contribution in [2.75, 3.05) is 19.7 Å². The number of fused-ring (bicyclic) bond motifs is 1. The normalized spacial score (nSPS) is 21.8. The SMILES string of the molecule is CCN1CCc2c(cc(C(C)=O)c(=O)n2CC2CCCO2)C1. The molecule has 0 aliphatic carbocycles. The predicted molar refractivity (Wildman–Crippen MR) is 84.3 cm³/mol. The van der Waals surface area contributed by atoms with E-state index in [4.69, 9.17) is 4.74 Å². The maximum absolute atomic E-state index is 12.7. The molecule has 0 aromatic carbocycles. The van der Waals surface area contributed by atoms with Gasteiger partial charge in [-0.25, -0.2) is 0 Å². The number of carbonyl (C=O) groups excluding carboxylic acids is 1. The minimum atomic E-state index is -0.150. The fourth-order valence-electron chi connectivity index (χ4n) is 3.48. The minimum absolute atomic E-state index is 0.105. The monoisotopic (exact) mass is 304 g/mol. The summed E-state index contributed by atoms with van der Waals surface area (Å²) < 4.78 is 7.51. The molecule has 3 rings (SSSR count). The van der Waals surface area contributed by atoms with Crippen molar-refractivity contribution >= 4 is 5.78 Å². The van der Waals surface area contributed by atoms with Gasteiger partial charge in [0.2, 0.25) is 0 Å². The summed E-state index contributed by atoms with van der Waals surface area (Å²) in [4.78, 5) is 26.9. The Morgan fingerprint density at radius 1 is 1.45 bits per heavy atom. The molecular formula is C17H24N2O3. The number of rotatable bonds is 4. The third-order valence-corrected chi connectivity index (χ3v) is 4.79. The van der Waals surface area contributed by atoms with Gasteiger partial charge in [-0.1, -0.05) is 6.92 Å². The van der Waals surface area contributed by atoms with E-state index in [1.54, 1.807) is 0 Å². The van der Waals surface area contributed by atoms with E-state index in [9.17, 15) is 9.59 Å². The summed E-state index contributed by atoms with van der Waals surface area (Å²) in [7, 11) is 0. The highest BCUT2D eigenvalue weighted by Gasteiger charge is 2.25. The van der Waals surface area contributed by atoms with Gasteiger partial charge < -0.3 is 9.30 Å². The number of Topliss-reactive ketones (excluding diaryl/α,β-unsaturated/α-hetero) is 1. The summed E-state index contributed by atoms with van der Waals surface area (Å²) in [6.45, 7) is 7.73. The molecule has 0 saturated carbocycles. The van der Waals surface area contributed by atoms with E-state index in [0.29, 0.717) is 12.1 Å². The highest BCUT2D eigenvalue weighted by atomic mass is 16.5. The maximum Gasteiger partial charge on any atom is 0.261 e. The Morgan fingerprint density at radius 2 is 2.27 bits per heavy atom. The molecule has 1 aromatic heterocycles. The predicted octanol–water partition coefficient (Wildman–Crippen LogP) is 1.61. The topological polar surface area (TPSA) is 51.5 Å². The van der Waals surface area contributed by atoms with Crippen molar-refractivity contribution in [3.63, 3.8) is 0 Å². The summed E-state index contributed by atoms with van der Waals surface area (Å²) in [6.07, 6.45) is 3.02. The molecule has 1 aromatic rings. The van der Waals surface area contributed by atoms with Gasteiger partial charge in [-0.2, -0.15) is 0 Å². The third-order valence-electron chi connectivity index (χ3n) is 4.79. The van der Waals surface area contributed by atoms with E-state index in [1.807, 2.05) is 10.6 Å². The quantitative estimate of drug-likeness (QED) is 0.793. The van der Waals surface area contributed by atoms with Gasteiger partial charge in [0.05, 0.1) is 18.2 Å². The van der Waals surface area contributed by atoms with Crippen molar-refractivity contribution < 1.29 is 9.53 Å². The van der Waals surface area contributed by atoms with Gasteiger partial charge in [-0.15, -0.1) is 0 Å². The molecule has 0 spiro atoms. The average Bonchev–Trinajstić information content (AvgIpc) is 3.02. The molecule has 1 saturated heterocycles. The first-order valence-electron chi connectivity index (χ1n) is 8.20. The van der Waals surface area contributed by atoms with Crippen LogP contribution in [0.3, 0.4) is 0 Å². The summed E-state index contributed by atoms with van der Waals surface area (Å²) in [6, 6.07) is 1.81. The molecule has 1 unspecified atom stereocenters. The maximum atomic E-state index is 12.7. The molecule has 0 bridgehead atoms. The largest absolute Gasteiger partial charge is 0.376 e. The number of ether oxygens (including phenoxy) is 1. The van der Waals surface area contributed by atoms with Gasteiger partial charge in [-0.05, 0) is 37.9 Å². The zero-order valence-electron chi connectivity index (χ0n) is 13.4. The van der Waals surface area contributed by atoms with Gasteiger partial charge in [-0.3, -0.25) is 14.5 Å². The Morgan fingerprint density at radius 3 is 2.91 bits per heavy atom. The van der Waals surface area contributed by atoms with Crippen LogP contribution >= 0.6 is 0 Å². The van der Waals surface area contributed by atoms with Crippen LogP contribution in [0.4, 0.5) is 0 Å². The Balaban J connectivity index is 2.03.